The molecule has 0 atom stereocenters. The molecule has 1 N–H and O–H groups in total. The normalized spacial score (nSPS) is 9.88. The molecular formula is C11H13NO4. The molecule has 0 amide bonds. The fourth-order valence-electron chi connectivity index (χ4n) is 1.32. The number of aldehydes is 1. The van der Waals surface area contributed by atoms with Gasteiger partial charge in [-0.05, 0) is 18.9 Å². The van der Waals surface area contributed by atoms with Crippen LogP contribution in [0.5, 0.6) is 5.75 Å². The SMILES string of the molecule is COC(=O)CCc1cnc(C)c(O)c1C=O. The average molecular weight is 223 g/mol. The van der Waals surface area contributed by atoms with Crippen molar-refractivity contribution in [2.45, 2.75) is 19.8 Å². The molecule has 0 bridgehead atoms. The number of nitrogens with zero attached hydrogens (tertiary/aromatic N) is 1. The summed E-state index contributed by atoms with van der Waals surface area (Å²) >= 11 is 0. The number of carbonyl (C=O) groups is 2. The zero-order valence-corrected chi connectivity index (χ0v) is 9.19. The number of aromatic hydroxyl groups is 1. The second-order valence-corrected chi connectivity index (χ2v) is 3.33. The van der Waals surface area contributed by atoms with Crippen LogP contribution in [-0.4, -0.2) is 29.5 Å². The molecule has 0 radical (unpaired) electrons. The number of methoxy groups -OCH3 is 1. The van der Waals surface area contributed by atoms with Gasteiger partial charge in [-0.2, -0.15) is 0 Å². The van der Waals surface area contributed by atoms with Crippen LogP contribution in [0.25, 0.3) is 0 Å². The number of carbonyl (C=O) groups excluding carboxylic acids is 2. The minimum Gasteiger partial charge on any atom is -0.505 e. The van der Waals surface area contributed by atoms with Crippen LogP contribution >= 0.6 is 0 Å². The molecule has 16 heavy (non-hydrogen) atoms. The van der Waals surface area contributed by atoms with Crippen molar-refractivity contribution in [1.29, 1.82) is 0 Å². The van der Waals surface area contributed by atoms with Crippen molar-refractivity contribution in [2.24, 2.45) is 0 Å². The highest BCUT2D eigenvalue weighted by Crippen LogP contribution is 2.22. The van der Waals surface area contributed by atoms with Gasteiger partial charge in [0.05, 0.1) is 18.4 Å². The van der Waals surface area contributed by atoms with Gasteiger partial charge in [0.15, 0.2) is 6.29 Å². The van der Waals surface area contributed by atoms with E-state index in [1.165, 1.54) is 13.3 Å². The molecular weight excluding hydrogens is 210 g/mol. The van der Waals surface area contributed by atoms with Crippen LogP contribution in [0.2, 0.25) is 0 Å². The van der Waals surface area contributed by atoms with Gasteiger partial charge in [0.25, 0.3) is 0 Å². The Morgan fingerprint density at radius 3 is 2.88 bits per heavy atom. The van der Waals surface area contributed by atoms with Crippen molar-refractivity contribution >= 4 is 12.3 Å². The Bertz CT molecular complexity index is 415. The Kier molecular flexibility index (Phi) is 3.99. The molecule has 0 fully saturated rings. The van der Waals surface area contributed by atoms with Gasteiger partial charge in [0.1, 0.15) is 5.75 Å². The maximum atomic E-state index is 10.9. The first-order valence-corrected chi connectivity index (χ1v) is 4.79. The van der Waals surface area contributed by atoms with E-state index in [0.717, 1.165) is 0 Å². The maximum absolute atomic E-state index is 10.9. The van der Waals surface area contributed by atoms with Crippen molar-refractivity contribution in [3.8, 4) is 5.75 Å². The van der Waals surface area contributed by atoms with E-state index >= 15 is 0 Å². The second kappa shape index (κ2) is 5.25. The van der Waals surface area contributed by atoms with E-state index in [4.69, 9.17) is 0 Å². The van der Waals surface area contributed by atoms with Crippen LogP contribution in [-0.2, 0) is 16.0 Å². The standard InChI is InChI=1S/C11H13NO4/c1-7-11(15)9(6-13)8(5-12-7)3-4-10(14)16-2/h5-6,15H,3-4H2,1-2H3. The van der Waals surface area contributed by atoms with Crippen LogP contribution in [0.4, 0.5) is 0 Å². The lowest BCUT2D eigenvalue weighted by Gasteiger charge is -2.07. The van der Waals surface area contributed by atoms with Crippen molar-refractivity contribution in [3.63, 3.8) is 0 Å². The van der Waals surface area contributed by atoms with E-state index in [1.54, 1.807) is 6.92 Å². The third-order valence-corrected chi connectivity index (χ3v) is 2.30. The second-order valence-electron chi connectivity index (χ2n) is 3.33. The molecule has 1 aromatic heterocycles. The molecule has 0 aliphatic carbocycles. The first-order valence-electron chi connectivity index (χ1n) is 4.79. The topological polar surface area (TPSA) is 76.5 Å². The molecule has 0 aromatic carbocycles. The van der Waals surface area contributed by atoms with E-state index in [-0.39, 0.29) is 23.7 Å². The van der Waals surface area contributed by atoms with Gasteiger partial charge in [-0.1, -0.05) is 0 Å². The van der Waals surface area contributed by atoms with Gasteiger partial charge in [-0.3, -0.25) is 14.6 Å². The molecule has 86 valence electrons. The zero-order valence-electron chi connectivity index (χ0n) is 9.19. The molecule has 1 rings (SSSR count). The van der Waals surface area contributed by atoms with Crippen molar-refractivity contribution in [3.05, 3.63) is 23.0 Å². The van der Waals surface area contributed by atoms with Gasteiger partial charge in [0, 0.05) is 12.6 Å². The summed E-state index contributed by atoms with van der Waals surface area (Å²) < 4.78 is 4.49. The maximum Gasteiger partial charge on any atom is 0.305 e. The lowest BCUT2D eigenvalue weighted by Crippen LogP contribution is -2.04. The summed E-state index contributed by atoms with van der Waals surface area (Å²) in [4.78, 5) is 25.7. The zero-order chi connectivity index (χ0) is 12.1. The summed E-state index contributed by atoms with van der Waals surface area (Å²) in [6.45, 7) is 1.60. The Labute approximate surface area is 93.1 Å². The summed E-state index contributed by atoms with van der Waals surface area (Å²) in [5, 5.41) is 9.59. The smallest absolute Gasteiger partial charge is 0.305 e. The van der Waals surface area contributed by atoms with E-state index in [0.29, 0.717) is 24.0 Å². The molecule has 0 saturated heterocycles. The number of aryl methyl sites for hydroxylation is 2. The van der Waals surface area contributed by atoms with E-state index in [1.807, 2.05) is 0 Å². The third kappa shape index (κ3) is 2.56. The predicted molar refractivity (Wildman–Crippen MR) is 56.4 cm³/mol. The minimum atomic E-state index is -0.364. The van der Waals surface area contributed by atoms with Crippen molar-refractivity contribution in [1.82, 2.24) is 4.98 Å². The fraction of sp³-hybridized carbons (Fsp3) is 0.364. The fourth-order valence-corrected chi connectivity index (χ4v) is 1.32. The minimum absolute atomic E-state index is 0.127. The van der Waals surface area contributed by atoms with Crippen LogP contribution in [0.3, 0.4) is 0 Å². The Balaban J connectivity index is 2.92. The van der Waals surface area contributed by atoms with Crippen LogP contribution in [0, 0.1) is 6.92 Å². The number of rotatable bonds is 4. The van der Waals surface area contributed by atoms with Gasteiger partial charge in [0.2, 0.25) is 0 Å². The summed E-state index contributed by atoms with van der Waals surface area (Å²) in [7, 11) is 1.30. The van der Waals surface area contributed by atoms with Crippen molar-refractivity contribution in [2.75, 3.05) is 7.11 Å². The Morgan fingerprint density at radius 2 is 2.31 bits per heavy atom. The first-order chi connectivity index (χ1) is 7.60. The number of ether oxygens (including phenoxy) is 1. The van der Waals surface area contributed by atoms with Gasteiger partial charge < -0.3 is 9.84 Å². The van der Waals surface area contributed by atoms with E-state index < -0.39 is 0 Å². The predicted octanol–water partition coefficient (Wildman–Crippen LogP) is 1.01. The largest absolute Gasteiger partial charge is 0.505 e. The molecule has 0 spiro atoms. The number of aromatic nitrogens is 1. The van der Waals surface area contributed by atoms with Gasteiger partial charge >= 0.3 is 5.97 Å². The van der Waals surface area contributed by atoms with Crippen molar-refractivity contribution < 1.29 is 19.4 Å². The number of pyridine rings is 1. The molecule has 0 unspecified atom stereocenters. The van der Waals surface area contributed by atoms with Gasteiger partial charge in [-0.25, -0.2) is 0 Å². The van der Waals surface area contributed by atoms with Crippen LogP contribution in [0.1, 0.15) is 28.0 Å². The lowest BCUT2D eigenvalue weighted by molar-refractivity contribution is -0.140. The molecule has 5 heteroatoms. The van der Waals surface area contributed by atoms with Gasteiger partial charge in [-0.15, -0.1) is 0 Å². The Hall–Kier alpha value is -1.91. The third-order valence-electron chi connectivity index (χ3n) is 2.30. The van der Waals surface area contributed by atoms with E-state index in [9.17, 15) is 14.7 Å². The average Bonchev–Trinajstić information content (AvgIpc) is 2.30. The molecule has 0 aliphatic heterocycles. The number of esters is 1. The van der Waals surface area contributed by atoms with E-state index in [2.05, 4.69) is 9.72 Å². The summed E-state index contributed by atoms with van der Waals surface area (Å²) in [5.41, 5.74) is 1.13. The summed E-state index contributed by atoms with van der Waals surface area (Å²) in [6.07, 6.45) is 2.53. The molecule has 1 heterocycles. The Morgan fingerprint density at radius 1 is 1.62 bits per heavy atom. The first kappa shape index (κ1) is 12.2. The van der Waals surface area contributed by atoms with Crippen LogP contribution < -0.4 is 0 Å². The monoisotopic (exact) mass is 223 g/mol. The summed E-state index contributed by atoms with van der Waals surface area (Å²) in [6, 6.07) is 0. The highest BCUT2D eigenvalue weighted by molar-refractivity contribution is 5.82. The molecule has 5 nitrogen and oxygen atoms in total. The highest BCUT2D eigenvalue weighted by atomic mass is 16.5. The number of hydrogen-bond donors (Lipinski definition) is 1. The number of hydrogen-bond acceptors (Lipinski definition) is 5. The quantitative estimate of drug-likeness (QED) is 0.609. The molecule has 0 aliphatic rings. The summed E-state index contributed by atoms with van der Waals surface area (Å²) in [5.74, 6) is -0.491. The van der Waals surface area contributed by atoms with Crippen LogP contribution in [0.15, 0.2) is 6.20 Å². The highest BCUT2D eigenvalue weighted by Gasteiger charge is 2.12. The molecule has 1 aromatic rings. The molecule has 0 saturated carbocycles. The lowest BCUT2D eigenvalue weighted by atomic mass is 10.0.